The molecule has 2 heterocycles. The molecule has 0 amide bonds. The average molecular weight is 433 g/mol. The van der Waals surface area contributed by atoms with Gasteiger partial charge in [0.1, 0.15) is 5.82 Å². The molecule has 2 aromatic heterocycles. The number of hydrogen-bond acceptors (Lipinski definition) is 3. The van der Waals surface area contributed by atoms with Crippen molar-refractivity contribution >= 4 is 33.5 Å². The smallest absolute Gasteiger partial charge is 0.223 e. The van der Waals surface area contributed by atoms with E-state index in [0.29, 0.717) is 0 Å². The standard InChI is InChI=1S/C27H17ClN4/c28-27-30-22-11-5-4-10-21(22)25(31-27)18-14-16-19(17-15-18)26-29-23-12-6-7-13-24(23)32(26)20-8-2-1-3-9-20/h1-17H. The Kier molecular flexibility index (Phi) is 4.44. The predicted molar refractivity (Wildman–Crippen MR) is 130 cm³/mol. The first-order valence-electron chi connectivity index (χ1n) is 10.3. The number of aromatic nitrogens is 4. The van der Waals surface area contributed by atoms with E-state index in [1.165, 1.54) is 0 Å². The minimum atomic E-state index is 0.244. The van der Waals surface area contributed by atoms with Crippen molar-refractivity contribution in [1.29, 1.82) is 0 Å². The van der Waals surface area contributed by atoms with E-state index in [0.717, 1.165) is 50.3 Å². The number of halogens is 1. The average Bonchev–Trinajstić information content (AvgIpc) is 3.24. The fraction of sp³-hybridized carbons (Fsp3) is 0. The van der Waals surface area contributed by atoms with Gasteiger partial charge in [0.2, 0.25) is 5.28 Å². The summed E-state index contributed by atoms with van der Waals surface area (Å²) in [5.74, 6) is 0.898. The van der Waals surface area contributed by atoms with Gasteiger partial charge in [-0.15, -0.1) is 0 Å². The SMILES string of the molecule is Clc1nc(-c2ccc(-c3nc4ccccc4n3-c3ccccc3)cc2)c2ccccc2n1. The molecule has 0 saturated heterocycles. The maximum atomic E-state index is 6.20. The zero-order valence-corrected chi connectivity index (χ0v) is 17.7. The minimum absolute atomic E-state index is 0.244. The van der Waals surface area contributed by atoms with Crippen molar-refractivity contribution in [2.45, 2.75) is 0 Å². The van der Waals surface area contributed by atoms with Crippen LogP contribution in [0.5, 0.6) is 0 Å². The highest BCUT2D eigenvalue weighted by Crippen LogP contribution is 2.32. The molecule has 0 aliphatic carbocycles. The van der Waals surface area contributed by atoms with Crippen molar-refractivity contribution in [3.05, 3.63) is 108 Å². The zero-order chi connectivity index (χ0) is 21.5. The second kappa shape index (κ2) is 7.59. The van der Waals surface area contributed by atoms with Crippen LogP contribution in [0.25, 0.3) is 50.3 Å². The van der Waals surface area contributed by atoms with Crippen molar-refractivity contribution in [3.63, 3.8) is 0 Å². The molecule has 4 nitrogen and oxygen atoms in total. The number of imidazole rings is 1. The molecule has 0 N–H and O–H groups in total. The first-order chi connectivity index (χ1) is 15.8. The van der Waals surface area contributed by atoms with Gasteiger partial charge >= 0.3 is 0 Å². The van der Waals surface area contributed by atoms with E-state index in [2.05, 4.69) is 57.0 Å². The van der Waals surface area contributed by atoms with Gasteiger partial charge in [0, 0.05) is 22.2 Å². The number of para-hydroxylation sites is 4. The molecule has 0 bridgehead atoms. The first kappa shape index (κ1) is 18.7. The van der Waals surface area contributed by atoms with Gasteiger partial charge in [-0.1, -0.05) is 72.8 Å². The summed E-state index contributed by atoms with van der Waals surface area (Å²) < 4.78 is 2.20. The van der Waals surface area contributed by atoms with Crippen molar-refractivity contribution in [3.8, 4) is 28.3 Å². The Morgan fingerprint density at radius 3 is 2.03 bits per heavy atom. The first-order valence-corrected chi connectivity index (χ1v) is 10.7. The van der Waals surface area contributed by atoms with Gasteiger partial charge in [0.05, 0.1) is 22.2 Å². The number of hydrogen-bond donors (Lipinski definition) is 0. The van der Waals surface area contributed by atoms with Crippen LogP contribution >= 0.6 is 11.6 Å². The molecule has 5 heteroatoms. The Morgan fingerprint density at radius 2 is 1.22 bits per heavy atom. The third-order valence-corrected chi connectivity index (χ3v) is 5.74. The van der Waals surface area contributed by atoms with Crippen molar-refractivity contribution < 1.29 is 0 Å². The lowest BCUT2D eigenvalue weighted by molar-refractivity contribution is 1.10. The lowest BCUT2D eigenvalue weighted by Gasteiger charge is -2.11. The lowest BCUT2D eigenvalue weighted by atomic mass is 10.0. The summed E-state index contributed by atoms with van der Waals surface area (Å²) in [6.45, 7) is 0. The van der Waals surface area contributed by atoms with Crippen LogP contribution in [0.3, 0.4) is 0 Å². The molecule has 6 rings (SSSR count). The Labute approximate surface area is 189 Å². The van der Waals surface area contributed by atoms with Gasteiger partial charge in [0.25, 0.3) is 0 Å². The van der Waals surface area contributed by atoms with Gasteiger partial charge in [0.15, 0.2) is 0 Å². The summed E-state index contributed by atoms with van der Waals surface area (Å²) in [7, 11) is 0. The summed E-state index contributed by atoms with van der Waals surface area (Å²) >= 11 is 6.20. The van der Waals surface area contributed by atoms with Gasteiger partial charge in [-0.3, -0.25) is 4.57 Å². The summed E-state index contributed by atoms with van der Waals surface area (Å²) in [5.41, 5.74) is 6.78. The second-order valence-electron chi connectivity index (χ2n) is 7.53. The molecule has 0 unspecified atom stereocenters. The fourth-order valence-electron chi connectivity index (χ4n) is 4.10. The summed E-state index contributed by atoms with van der Waals surface area (Å²) in [4.78, 5) is 13.8. The largest absolute Gasteiger partial charge is 0.292 e. The molecule has 4 aromatic carbocycles. The number of benzene rings is 4. The summed E-state index contributed by atoms with van der Waals surface area (Å²) in [6.07, 6.45) is 0. The van der Waals surface area contributed by atoms with Crippen molar-refractivity contribution in [2.75, 3.05) is 0 Å². The maximum Gasteiger partial charge on any atom is 0.223 e. The highest BCUT2D eigenvalue weighted by Gasteiger charge is 2.15. The van der Waals surface area contributed by atoms with E-state index in [1.54, 1.807) is 0 Å². The maximum absolute atomic E-state index is 6.20. The van der Waals surface area contributed by atoms with Crippen LogP contribution in [-0.2, 0) is 0 Å². The molecule has 152 valence electrons. The van der Waals surface area contributed by atoms with Gasteiger partial charge in [-0.05, 0) is 41.9 Å². The molecule has 0 aliphatic heterocycles. The molecular formula is C27H17ClN4. The predicted octanol–water partition coefficient (Wildman–Crippen LogP) is 6.96. The molecule has 0 saturated carbocycles. The summed E-state index contributed by atoms with van der Waals surface area (Å²) in [6, 6.07) is 34.7. The Morgan fingerprint density at radius 1 is 0.562 bits per heavy atom. The molecule has 6 aromatic rings. The monoisotopic (exact) mass is 432 g/mol. The van der Waals surface area contributed by atoms with Gasteiger partial charge in [-0.2, -0.15) is 0 Å². The molecule has 0 atom stereocenters. The molecular weight excluding hydrogens is 416 g/mol. The minimum Gasteiger partial charge on any atom is -0.292 e. The van der Waals surface area contributed by atoms with Crippen LogP contribution in [0.2, 0.25) is 5.28 Å². The van der Waals surface area contributed by atoms with Crippen LogP contribution in [0.1, 0.15) is 0 Å². The van der Waals surface area contributed by atoms with E-state index >= 15 is 0 Å². The van der Waals surface area contributed by atoms with Crippen LogP contribution < -0.4 is 0 Å². The number of rotatable bonds is 3. The van der Waals surface area contributed by atoms with Gasteiger partial charge in [-0.25, -0.2) is 15.0 Å². The van der Waals surface area contributed by atoms with E-state index < -0.39 is 0 Å². The van der Waals surface area contributed by atoms with Crippen molar-refractivity contribution in [2.24, 2.45) is 0 Å². The van der Waals surface area contributed by atoms with Crippen LogP contribution in [0, 0.1) is 0 Å². The van der Waals surface area contributed by atoms with Crippen molar-refractivity contribution in [1.82, 2.24) is 19.5 Å². The third-order valence-electron chi connectivity index (χ3n) is 5.57. The number of fused-ring (bicyclic) bond motifs is 2. The molecule has 0 aliphatic rings. The van der Waals surface area contributed by atoms with E-state index in [9.17, 15) is 0 Å². The Bertz CT molecular complexity index is 1570. The number of nitrogens with zero attached hydrogens (tertiary/aromatic N) is 4. The van der Waals surface area contributed by atoms with Gasteiger partial charge < -0.3 is 0 Å². The highest BCUT2D eigenvalue weighted by atomic mass is 35.5. The van der Waals surface area contributed by atoms with E-state index in [1.807, 2.05) is 60.7 Å². The normalized spacial score (nSPS) is 11.3. The lowest BCUT2D eigenvalue weighted by Crippen LogP contribution is -1.97. The highest BCUT2D eigenvalue weighted by molar-refractivity contribution is 6.28. The zero-order valence-electron chi connectivity index (χ0n) is 17.0. The van der Waals surface area contributed by atoms with E-state index in [4.69, 9.17) is 16.6 Å². The quantitative estimate of drug-likeness (QED) is 0.284. The molecule has 0 fully saturated rings. The van der Waals surface area contributed by atoms with Crippen LogP contribution in [0.15, 0.2) is 103 Å². The van der Waals surface area contributed by atoms with Crippen LogP contribution in [0.4, 0.5) is 0 Å². The molecule has 0 spiro atoms. The second-order valence-corrected chi connectivity index (χ2v) is 7.87. The topological polar surface area (TPSA) is 43.6 Å². The fourth-order valence-corrected chi connectivity index (χ4v) is 4.28. The molecule has 32 heavy (non-hydrogen) atoms. The summed E-state index contributed by atoms with van der Waals surface area (Å²) in [5, 5.41) is 1.22. The Hall–Kier alpha value is -4.02. The van der Waals surface area contributed by atoms with E-state index in [-0.39, 0.29) is 5.28 Å². The Balaban J connectivity index is 1.51. The van der Waals surface area contributed by atoms with Crippen LogP contribution in [-0.4, -0.2) is 19.5 Å². The third kappa shape index (κ3) is 3.13. The molecule has 0 radical (unpaired) electrons.